The van der Waals surface area contributed by atoms with Crippen LogP contribution in [0.4, 0.5) is 0 Å². The molecule has 2 heterocycles. The van der Waals surface area contributed by atoms with E-state index in [-0.39, 0.29) is 6.29 Å². The maximum absolute atomic E-state index is 5.08. The SMILES string of the molecule is CC.CCC1OCCO1.CCc1cn(C)c2ccccc12. The molecule has 0 bridgehead atoms. The van der Waals surface area contributed by atoms with Gasteiger partial charge in [-0.25, -0.2) is 0 Å². The lowest BCUT2D eigenvalue weighted by Gasteiger charge is -2.01. The Morgan fingerprint density at radius 3 is 2.24 bits per heavy atom. The van der Waals surface area contributed by atoms with Crippen LogP contribution in [-0.4, -0.2) is 24.1 Å². The third kappa shape index (κ3) is 4.87. The first-order valence-electron chi connectivity index (χ1n) is 8.02. The molecule has 1 aromatic heterocycles. The zero-order chi connectivity index (χ0) is 15.7. The first kappa shape index (κ1) is 17.7. The van der Waals surface area contributed by atoms with Crippen LogP contribution in [0.2, 0.25) is 0 Å². The topological polar surface area (TPSA) is 23.4 Å². The lowest BCUT2D eigenvalue weighted by atomic mass is 10.1. The molecule has 3 nitrogen and oxygen atoms in total. The van der Waals surface area contributed by atoms with Gasteiger partial charge in [-0.3, -0.25) is 0 Å². The summed E-state index contributed by atoms with van der Waals surface area (Å²) in [6.07, 6.45) is 4.39. The molecule has 21 heavy (non-hydrogen) atoms. The molecule has 3 rings (SSSR count). The van der Waals surface area contributed by atoms with E-state index in [2.05, 4.69) is 55.9 Å². The number of aromatic nitrogens is 1. The largest absolute Gasteiger partial charge is 0.350 e. The van der Waals surface area contributed by atoms with Crippen molar-refractivity contribution in [1.82, 2.24) is 4.57 Å². The average Bonchev–Trinajstić information content (AvgIpc) is 3.18. The molecule has 0 unspecified atom stereocenters. The van der Waals surface area contributed by atoms with Crippen LogP contribution < -0.4 is 0 Å². The molecule has 3 heteroatoms. The molecule has 1 saturated heterocycles. The third-order valence-corrected chi connectivity index (χ3v) is 3.38. The minimum atomic E-state index is 0.0972. The quantitative estimate of drug-likeness (QED) is 0.811. The van der Waals surface area contributed by atoms with Gasteiger partial charge in [0.1, 0.15) is 0 Å². The van der Waals surface area contributed by atoms with E-state index >= 15 is 0 Å². The molecule has 0 N–H and O–H groups in total. The number of hydrogen-bond donors (Lipinski definition) is 0. The van der Waals surface area contributed by atoms with E-state index in [4.69, 9.17) is 9.47 Å². The van der Waals surface area contributed by atoms with Crippen LogP contribution in [0.3, 0.4) is 0 Å². The van der Waals surface area contributed by atoms with Gasteiger partial charge in [0.15, 0.2) is 6.29 Å². The number of rotatable bonds is 2. The predicted molar refractivity (Wildman–Crippen MR) is 89.6 cm³/mol. The number of benzene rings is 1. The fourth-order valence-corrected chi connectivity index (χ4v) is 2.35. The zero-order valence-corrected chi connectivity index (χ0v) is 14.1. The van der Waals surface area contributed by atoms with Crippen molar-refractivity contribution in [2.24, 2.45) is 7.05 Å². The Balaban J connectivity index is 0.000000210. The highest BCUT2D eigenvalue weighted by Gasteiger charge is 2.11. The molecule has 0 radical (unpaired) electrons. The summed E-state index contributed by atoms with van der Waals surface area (Å²) >= 11 is 0. The summed E-state index contributed by atoms with van der Waals surface area (Å²) in [6.45, 7) is 9.80. The Labute approximate surface area is 128 Å². The summed E-state index contributed by atoms with van der Waals surface area (Å²) in [7, 11) is 2.10. The smallest absolute Gasteiger partial charge is 0.157 e. The number of aryl methyl sites for hydroxylation is 2. The average molecular weight is 291 g/mol. The van der Waals surface area contributed by atoms with E-state index in [0.29, 0.717) is 0 Å². The van der Waals surface area contributed by atoms with E-state index in [1.54, 1.807) is 0 Å². The second-order valence-corrected chi connectivity index (χ2v) is 4.72. The van der Waals surface area contributed by atoms with Crippen molar-refractivity contribution in [2.75, 3.05) is 13.2 Å². The first-order valence-corrected chi connectivity index (χ1v) is 8.02. The summed E-state index contributed by atoms with van der Waals surface area (Å²) in [5.74, 6) is 0. The van der Waals surface area contributed by atoms with Gasteiger partial charge in [0.2, 0.25) is 0 Å². The Morgan fingerprint density at radius 1 is 1.10 bits per heavy atom. The van der Waals surface area contributed by atoms with Crippen LogP contribution in [0.15, 0.2) is 30.5 Å². The normalized spacial score (nSPS) is 14.3. The van der Waals surface area contributed by atoms with Crippen LogP contribution in [0, 0.1) is 0 Å². The number of fused-ring (bicyclic) bond motifs is 1. The van der Waals surface area contributed by atoms with Crippen LogP contribution in [-0.2, 0) is 22.9 Å². The van der Waals surface area contributed by atoms with E-state index in [9.17, 15) is 0 Å². The van der Waals surface area contributed by atoms with Crippen molar-refractivity contribution in [3.05, 3.63) is 36.0 Å². The van der Waals surface area contributed by atoms with Crippen LogP contribution in [0.25, 0.3) is 10.9 Å². The van der Waals surface area contributed by atoms with Crippen molar-refractivity contribution in [3.8, 4) is 0 Å². The Hall–Kier alpha value is -1.32. The third-order valence-electron chi connectivity index (χ3n) is 3.38. The van der Waals surface area contributed by atoms with E-state index in [1.165, 1.54) is 16.5 Å². The molecule has 118 valence electrons. The van der Waals surface area contributed by atoms with Gasteiger partial charge in [0.05, 0.1) is 13.2 Å². The van der Waals surface area contributed by atoms with Gasteiger partial charge in [0, 0.05) is 24.1 Å². The molecule has 0 spiro atoms. The van der Waals surface area contributed by atoms with Crippen molar-refractivity contribution < 1.29 is 9.47 Å². The van der Waals surface area contributed by atoms with Crippen molar-refractivity contribution in [2.45, 2.75) is 46.8 Å². The highest BCUT2D eigenvalue weighted by Crippen LogP contribution is 2.20. The van der Waals surface area contributed by atoms with Crippen LogP contribution in [0.1, 0.15) is 39.7 Å². The van der Waals surface area contributed by atoms with Gasteiger partial charge in [-0.05, 0) is 24.5 Å². The molecule has 0 aliphatic carbocycles. The number of ether oxygens (including phenoxy) is 2. The van der Waals surface area contributed by atoms with Gasteiger partial charge < -0.3 is 14.0 Å². The monoisotopic (exact) mass is 291 g/mol. The number of nitrogens with zero attached hydrogens (tertiary/aromatic N) is 1. The highest BCUT2D eigenvalue weighted by molar-refractivity contribution is 5.83. The van der Waals surface area contributed by atoms with Gasteiger partial charge in [-0.1, -0.05) is 45.9 Å². The Bertz CT molecular complexity index is 513. The van der Waals surface area contributed by atoms with Crippen molar-refractivity contribution in [1.29, 1.82) is 0 Å². The summed E-state index contributed by atoms with van der Waals surface area (Å²) < 4.78 is 12.3. The number of para-hydroxylation sites is 1. The first-order chi connectivity index (χ1) is 10.3. The standard InChI is InChI=1S/C11H13N.C5H10O2.C2H6/c1-3-9-8-12(2)11-7-5-4-6-10(9)11;1-2-5-6-3-4-7-5;1-2/h4-8H,3H2,1-2H3;5H,2-4H2,1H3;1-2H3. The zero-order valence-electron chi connectivity index (χ0n) is 14.1. The molecule has 0 saturated carbocycles. The lowest BCUT2D eigenvalue weighted by molar-refractivity contribution is -0.0430. The molecule has 0 amide bonds. The summed E-state index contributed by atoms with van der Waals surface area (Å²) in [4.78, 5) is 0. The minimum Gasteiger partial charge on any atom is -0.350 e. The van der Waals surface area contributed by atoms with Gasteiger partial charge in [-0.2, -0.15) is 0 Å². The minimum absolute atomic E-state index is 0.0972. The van der Waals surface area contributed by atoms with E-state index in [0.717, 1.165) is 26.1 Å². The molecular formula is C18H29NO2. The summed E-state index contributed by atoms with van der Waals surface area (Å²) in [6, 6.07) is 8.53. The van der Waals surface area contributed by atoms with E-state index in [1.807, 2.05) is 13.8 Å². The molecule has 1 fully saturated rings. The molecular weight excluding hydrogens is 262 g/mol. The molecule has 1 aliphatic rings. The Morgan fingerprint density at radius 2 is 1.71 bits per heavy atom. The van der Waals surface area contributed by atoms with E-state index < -0.39 is 0 Å². The molecule has 1 aliphatic heterocycles. The molecule has 0 atom stereocenters. The number of hydrogen-bond acceptors (Lipinski definition) is 2. The summed E-state index contributed by atoms with van der Waals surface area (Å²) in [5, 5.41) is 1.39. The van der Waals surface area contributed by atoms with Crippen LogP contribution >= 0.6 is 0 Å². The maximum atomic E-state index is 5.08. The predicted octanol–water partition coefficient (Wildman–Crippen LogP) is 4.54. The summed E-state index contributed by atoms with van der Waals surface area (Å²) in [5.41, 5.74) is 2.77. The second kappa shape index (κ2) is 9.59. The van der Waals surface area contributed by atoms with Gasteiger partial charge >= 0.3 is 0 Å². The fourth-order valence-electron chi connectivity index (χ4n) is 2.35. The van der Waals surface area contributed by atoms with Crippen molar-refractivity contribution >= 4 is 10.9 Å². The fraction of sp³-hybridized carbons (Fsp3) is 0.556. The van der Waals surface area contributed by atoms with Crippen molar-refractivity contribution in [3.63, 3.8) is 0 Å². The van der Waals surface area contributed by atoms with Crippen LogP contribution in [0.5, 0.6) is 0 Å². The molecule has 2 aromatic rings. The van der Waals surface area contributed by atoms with Gasteiger partial charge in [0.25, 0.3) is 0 Å². The molecule has 1 aromatic carbocycles. The maximum Gasteiger partial charge on any atom is 0.157 e. The highest BCUT2D eigenvalue weighted by atomic mass is 16.7. The van der Waals surface area contributed by atoms with Gasteiger partial charge in [-0.15, -0.1) is 0 Å². The Kier molecular flexibility index (Phi) is 8.09. The lowest BCUT2D eigenvalue weighted by Crippen LogP contribution is -2.03. The second-order valence-electron chi connectivity index (χ2n) is 4.72.